The van der Waals surface area contributed by atoms with Gasteiger partial charge in [0.2, 0.25) is 0 Å². The highest BCUT2D eigenvalue weighted by Gasteiger charge is 2.26. The molecular formula is C16H21. The Balaban J connectivity index is 2.31. The third-order valence-electron chi connectivity index (χ3n) is 3.44. The second kappa shape index (κ2) is 4.86. The smallest absolute Gasteiger partial charge is 0.0230 e. The first-order chi connectivity index (χ1) is 7.76. The molecule has 0 heterocycles. The third-order valence-corrected chi connectivity index (χ3v) is 3.44. The molecular weight excluding hydrogens is 192 g/mol. The first kappa shape index (κ1) is 11.4. The second-order valence-corrected chi connectivity index (χ2v) is 4.83. The van der Waals surface area contributed by atoms with E-state index in [1.807, 2.05) is 6.08 Å². The third kappa shape index (κ3) is 2.37. The molecule has 0 unspecified atom stereocenters. The molecule has 0 amide bonds. The Labute approximate surface area is 99.4 Å². The molecule has 1 radical (unpaired) electrons. The summed E-state index contributed by atoms with van der Waals surface area (Å²) in [7, 11) is 0. The fraction of sp³-hybridized carbons (Fsp3) is 0.438. The Kier molecular flexibility index (Phi) is 3.48. The minimum absolute atomic E-state index is 0.846. The summed E-state index contributed by atoms with van der Waals surface area (Å²) in [5, 5.41) is 0. The monoisotopic (exact) mass is 213 g/mol. The summed E-state index contributed by atoms with van der Waals surface area (Å²) < 4.78 is 0. The normalized spacial score (nSPS) is 15.4. The van der Waals surface area contributed by atoms with Crippen LogP contribution in [0.4, 0.5) is 0 Å². The van der Waals surface area contributed by atoms with Gasteiger partial charge in [0.15, 0.2) is 0 Å². The van der Waals surface area contributed by atoms with Crippen molar-refractivity contribution in [2.24, 2.45) is 0 Å². The molecule has 2 rings (SSSR count). The Morgan fingerprint density at radius 1 is 1.44 bits per heavy atom. The van der Waals surface area contributed by atoms with Gasteiger partial charge < -0.3 is 0 Å². The summed E-state index contributed by atoms with van der Waals surface area (Å²) >= 11 is 0. The largest absolute Gasteiger partial charge is 0.102 e. The van der Waals surface area contributed by atoms with Crippen LogP contribution in [0.2, 0.25) is 0 Å². The van der Waals surface area contributed by atoms with E-state index in [1.54, 1.807) is 11.1 Å². The van der Waals surface area contributed by atoms with E-state index in [4.69, 9.17) is 0 Å². The molecule has 1 aromatic rings. The minimum Gasteiger partial charge on any atom is -0.102 e. The predicted octanol–water partition coefficient (Wildman–Crippen LogP) is 4.64. The lowest BCUT2D eigenvalue weighted by atomic mass is 9.92. The predicted molar refractivity (Wildman–Crippen MR) is 70.6 cm³/mol. The van der Waals surface area contributed by atoms with Gasteiger partial charge >= 0.3 is 0 Å². The van der Waals surface area contributed by atoms with Crippen LogP contribution >= 0.6 is 0 Å². The summed E-state index contributed by atoms with van der Waals surface area (Å²) in [6.45, 7) is 8.24. The lowest BCUT2D eigenvalue weighted by molar-refractivity contribution is 0.895. The van der Waals surface area contributed by atoms with E-state index in [2.05, 4.69) is 38.6 Å². The summed E-state index contributed by atoms with van der Waals surface area (Å²) in [5.74, 6) is 2.13. The van der Waals surface area contributed by atoms with Gasteiger partial charge in [-0.25, -0.2) is 0 Å². The van der Waals surface area contributed by atoms with Crippen molar-refractivity contribution in [2.45, 2.75) is 45.4 Å². The number of allylic oxidation sites excluding steroid dienone is 1. The zero-order chi connectivity index (χ0) is 11.5. The second-order valence-electron chi connectivity index (χ2n) is 4.83. The van der Waals surface area contributed by atoms with Gasteiger partial charge in [-0.2, -0.15) is 0 Å². The molecule has 0 nitrogen and oxygen atoms in total. The van der Waals surface area contributed by atoms with Crippen molar-refractivity contribution in [1.82, 2.24) is 0 Å². The molecule has 1 aliphatic carbocycles. The Morgan fingerprint density at radius 3 is 2.75 bits per heavy atom. The van der Waals surface area contributed by atoms with Crippen LogP contribution in [0.3, 0.4) is 0 Å². The van der Waals surface area contributed by atoms with Gasteiger partial charge in [0.1, 0.15) is 0 Å². The molecule has 0 aromatic heterocycles. The van der Waals surface area contributed by atoms with Crippen molar-refractivity contribution in [1.29, 1.82) is 0 Å². The number of hydrogen-bond acceptors (Lipinski definition) is 0. The molecule has 0 heteroatoms. The van der Waals surface area contributed by atoms with Gasteiger partial charge in [0.25, 0.3) is 0 Å². The molecule has 0 aliphatic heterocycles. The van der Waals surface area contributed by atoms with Crippen LogP contribution in [-0.2, 0) is 6.42 Å². The van der Waals surface area contributed by atoms with Gasteiger partial charge in [-0.1, -0.05) is 44.5 Å². The van der Waals surface area contributed by atoms with E-state index in [-0.39, 0.29) is 0 Å². The van der Waals surface area contributed by atoms with Gasteiger partial charge in [-0.15, -0.1) is 6.58 Å². The zero-order valence-corrected chi connectivity index (χ0v) is 10.4. The van der Waals surface area contributed by atoms with Crippen molar-refractivity contribution in [2.75, 3.05) is 0 Å². The van der Waals surface area contributed by atoms with Gasteiger partial charge in [-0.05, 0) is 41.9 Å². The van der Waals surface area contributed by atoms with Crippen LogP contribution in [0.15, 0.2) is 30.9 Å². The van der Waals surface area contributed by atoms with Crippen molar-refractivity contribution in [3.63, 3.8) is 0 Å². The van der Waals surface area contributed by atoms with Crippen molar-refractivity contribution in [3.8, 4) is 0 Å². The van der Waals surface area contributed by atoms with E-state index in [0.29, 0.717) is 0 Å². The van der Waals surface area contributed by atoms with Crippen LogP contribution in [0.5, 0.6) is 0 Å². The van der Waals surface area contributed by atoms with Crippen LogP contribution in [-0.4, -0.2) is 0 Å². The fourth-order valence-corrected chi connectivity index (χ4v) is 2.23. The lowest BCUT2D eigenvalue weighted by Crippen LogP contribution is -1.97. The topological polar surface area (TPSA) is 0 Å². The van der Waals surface area contributed by atoms with E-state index < -0.39 is 0 Å². The quantitative estimate of drug-likeness (QED) is 0.668. The summed E-state index contributed by atoms with van der Waals surface area (Å²) in [5.41, 5.74) is 4.50. The molecule has 0 spiro atoms. The maximum atomic E-state index is 3.85. The highest BCUT2D eigenvalue weighted by atomic mass is 14.3. The highest BCUT2D eigenvalue weighted by Crippen LogP contribution is 2.42. The highest BCUT2D eigenvalue weighted by molar-refractivity contribution is 5.44. The first-order valence-corrected chi connectivity index (χ1v) is 6.35. The summed E-state index contributed by atoms with van der Waals surface area (Å²) in [6.07, 6.45) is 7.18. The Bertz CT molecular complexity index is 372. The van der Waals surface area contributed by atoms with Crippen LogP contribution in [0, 0.1) is 5.92 Å². The molecule has 0 saturated heterocycles. The minimum atomic E-state index is 0.846. The molecule has 1 aliphatic rings. The maximum Gasteiger partial charge on any atom is 0.0230 e. The average Bonchev–Trinajstić information content (AvgIpc) is 3.13. The average molecular weight is 213 g/mol. The molecule has 0 N–H and O–H groups in total. The van der Waals surface area contributed by atoms with Crippen LogP contribution in [0.25, 0.3) is 0 Å². The maximum absolute atomic E-state index is 3.85. The molecule has 1 fully saturated rings. The Morgan fingerprint density at radius 2 is 2.19 bits per heavy atom. The number of rotatable bonds is 5. The summed E-state index contributed by atoms with van der Waals surface area (Å²) in [6, 6.07) is 6.95. The zero-order valence-electron chi connectivity index (χ0n) is 10.4. The van der Waals surface area contributed by atoms with Crippen molar-refractivity contribution < 1.29 is 0 Å². The SMILES string of the molecule is C=C[C](C)c1ccc(CCC)c(C2CC2)c1. The van der Waals surface area contributed by atoms with Gasteiger partial charge in [0.05, 0.1) is 0 Å². The van der Waals surface area contributed by atoms with E-state index >= 15 is 0 Å². The molecule has 0 bridgehead atoms. The van der Waals surface area contributed by atoms with Crippen molar-refractivity contribution in [3.05, 3.63) is 53.5 Å². The molecule has 1 aromatic carbocycles. The van der Waals surface area contributed by atoms with E-state index in [9.17, 15) is 0 Å². The standard InChI is InChI=1S/C16H21/c1-4-6-13-9-10-15(12(3)5-2)11-16(13)14-7-8-14/h5,9-11,14H,2,4,6-8H2,1,3H3. The number of benzene rings is 1. The summed E-state index contributed by atoms with van der Waals surface area (Å²) in [4.78, 5) is 0. The van der Waals surface area contributed by atoms with E-state index in [0.717, 1.165) is 5.92 Å². The Hall–Kier alpha value is -1.04. The van der Waals surface area contributed by atoms with Gasteiger partial charge in [0, 0.05) is 5.92 Å². The van der Waals surface area contributed by atoms with Crippen LogP contribution < -0.4 is 0 Å². The number of aryl methyl sites for hydroxylation is 1. The van der Waals surface area contributed by atoms with Gasteiger partial charge in [-0.3, -0.25) is 0 Å². The lowest BCUT2D eigenvalue weighted by Gasteiger charge is -2.12. The molecule has 16 heavy (non-hydrogen) atoms. The van der Waals surface area contributed by atoms with Crippen molar-refractivity contribution >= 4 is 0 Å². The number of hydrogen-bond donors (Lipinski definition) is 0. The van der Waals surface area contributed by atoms with E-state index in [1.165, 1.54) is 37.2 Å². The molecule has 1 saturated carbocycles. The van der Waals surface area contributed by atoms with Crippen LogP contribution in [0.1, 0.15) is 55.7 Å². The fourth-order valence-electron chi connectivity index (χ4n) is 2.23. The molecule has 85 valence electrons. The first-order valence-electron chi connectivity index (χ1n) is 6.35. The molecule has 0 atom stereocenters.